The lowest BCUT2D eigenvalue weighted by atomic mass is 10.2. The molecule has 1 amide bonds. The number of rotatable bonds is 4. The zero-order valence-corrected chi connectivity index (χ0v) is 13.4. The molecule has 1 aromatic heterocycles. The number of para-hydroxylation sites is 1. The Morgan fingerprint density at radius 3 is 2.87 bits per heavy atom. The number of carbonyl (C=O) groups is 1. The van der Waals surface area contributed by atoms with Gasteiger partial charge in [0.2, 0.25) is 5.91 Å². The van der Waals surface area contributed by atoms with Crippen LogP contribution in [0.5, 0.6) is 0 Å². The summed E-state index contributed by atoms with van der Waals surface area (Å²) < 4.78 is 13.0. The van der Waals surface area contributed by atoms with Crippen molar-refractivity contribution in [2.24, 2.45) is 0 Å². The second-order valence-electron chi connectivity index (χ2n) is 4.66. The summed E-state index contributed by atoms with van der Waals surface area (Å²) in [4.78, 5) is 20.4. The monoisotopic (exact) mass is 347 g/mol. The molecule has 3 aromatic rings. The van der Waals surface area contributed by atoms with Gasteiger partial charge in [-0.25, -0.2) is 14.4 Å². The van der Waals surface area contributed by atoms with E-state index in [2.05, 4.69) is 15.3 Å². The fourth-order valence-electron chi connectivity index (χ4n) is 2.01. The molecule has 0 atom stereocenters. The summed E-state index contributed by atoms with van der Waals surface area (Å²) in [7, 11) is 0. The van der Waals surface area contributed by atoms with Crippen molar-refractivity contribution < 1.29 is 9.18 Å². The fourth-order valence-corrected chi connectivity index (χ4v) is 3.01. The highest BCUT2D eigenvalue weighted by Gasteiger charge is 2.10. The first-order chi connectivity index (χ1) is 11.1. The van der Waals surface area contributed by atoms with Crippen LogP contribution in [0.1, 0.15) is 0 Å². The molecule has 0 radical (unpaired) electrons. The van der Waals surface area contributed by atoms with Gasteiger partial charge in [-0.3, -0.25) is 4.79 Å². The van der Waals surface area contributed by atoms with Gasteiger partial charge in [-0.15, -0.1) is 0 Å². The number of nitrogens with one attached hydrogen (secondary N) is 1. The first-order valence-corrected chi connectivity index (χ1v) is 8.07. The maximum atomic E-state index is 13.0. The third-order valence-corrected chi connectivity index (χ3v) is 4.37. The number of hydrogen-bond acceptors (Lipinski definition) is 4. The Morgan fingerprint density at radius 1 is 1.22 bits per heavy atom. The zero-order valence-electron chi connectivity index (χ0n) is 11.8. The Labute approximate surface area is 141 Å². The molecule has 0 saturated carbocycles. The van der Waals surface area contributed by atoms with E-state index in [1.165, 1.54) is 30.2 Å². The molecule has 0 bridgehead atoms. The molecular formula is C16H11ClFN3OS. The van der Waals surface area contributed by atoms with E-state index in [-0.39, 0.29) is 16.7 Å². The van der Waals surface area contributed by atoms with Crippen LogP contribution in [0.3, 0.4) is 0 Å². The van der Waals surface area contributed by atoms with Gasteiger partial charge >= 0.3 is 0 Å². The Hall–Kier alpha value is -2.18. The summed E-state index contributed by atoms with van der Waals surface area (Å²) in [6.07, 6.45) is 1.47. The van der Waals surface area contributed by atoms with Gasteiger partial charge in [0.1, 0.15) is 17.2 Å². The van der Waals surface area contributed by atoms with E-state index in [1.807, 2.05) is 24.3 Å². The molecule has 0 saturated heterocycles. The third-order valence-electron chi connectivity index (χ3n) is 3.05. The number of aromatic nitrogens is 2. The molecule has 2 aromatic carbocycles. The maximum absolute atomic E-state index is 13.0. The Kier molecular flexibility index (Phi) is 4.73. The van der Waals surface area contributed by atoms with Gasteiger partial charge in [-0.05, 0) is 24.3 Å². The minimum Gasteiger partial charge on any atom is -0.324 e. The first kappa shape index (κ1) is 15.7. The molecule has 0 fully saturated rings. The van der Waals surface area contributed by atoms with Crippen LogP contribution >= 0.6 is 23.4 Å². The Bertz CT molecular complexity index is 870. The van der Waals surface area contributed by atoms with Crippen molar-refractivity contribution in [2.45, 2.75) is 5.03 Å². The van der Waals surface area contributed by atoms with E-state index < -0.39 is 5.82 Å². The Morgan fingerprint density at radius 2 is 2.04 bits per heavy atom. The highest BCUT2D eigenvalue weighted by atomic mass is 35.5. The SMILES string of the molecule is O=C(CSc1ncnc2ccccc12)Nc1ccc(F)cc1Cl. The number of nitrogens with zero attached hydrogens (tertiary/aromatic N) is 2. The predicted molar refractivity (Wildman–Crippen MR) is 90.3 cm³/mol. The van der Waals surface area contributed by atoms with Gasteiger partial charge in [0.05, 0.1) is 22.0 Å². The van der Waals surface area contributed by atoms with Gasteiger partial charge in [-0.2, -0.15) is 0 Å². The standard InChI is InChI=1S/C16H11ClFN3OS/c17-12-7-10(18)5-6-14(12)21-15(22)8-23-16-11-3-1-2-4-13(11)19-9-20-16/h1-7,9H,8H2,(H,21,22). The van der Waals surface area contributed by atoms with Crippen molar-refractivity contribution in [1.29, 1.82) is 0 Å². The van der Waals surface area contributed by atoms with Crippen LogP contribution in [0.25, 0.3) is 10.9 Å². The normalized spacial score (nSPS) is 10.7. The number of thioether (sulfide) groups is 1. The van der Waals surface area contributed by atoms with Crippen LogP contribution in [0, 0.1) is 5.82 Å². The second-order valence-corrected chi connectivity index (χ2v) is 6.03. The molecule has 0 aliphatic carbocycles. The summed E-state index contributed by atoms with van der Waals surface area (Å²) >= 11 is 7.19. The van der Waals surface area contributed by atoms with E-state index in [9.17, 15) is 9.18 Å². The number of fused-ring (bicyclic) bond motifs is 1. The third kappa shape index (κ3) is 3.78. The number of benzene rings is 2. The maximum Gasteiger partial charge on any atom is 0.234 e. The molecule has 7 heteroatoms. The summed E-state index contributed by atoms with van der Waals surface area (Å²) in [6.45, 7) is 0. The minimum absolute atomic E-state index is 0.161. The molecule has 0 aliphatic rings. The van der Waals surface area contributed by atoms with Crippen LogP contribution in [0.15, 0.2) is 53.8 Å². The molecule has 0 aliphatic heterocycles. The number of amides is 1. The topological polar surface area (TPSA) is 54.9 Å². The van der Waals surface area contributed by atoms with Gasteiger partial charge < -0.3 is 5.32 Å². The molecule has 1 N–H and O–H groups in total. The number of halogens is 2. The molecule has 116 valence electrons. The fraction of sp³-hybridized carbons (Fsp3) is 0.0625. The van der Waals surface area contributed by atoms with Crippen LogP contribution in [0.2, 0.25) is 5.02 Å². The largest absolute Gasteiger partial charge is 0.324 e. The second kappa shape index (κ2) is 6.93. The van der Waals surface area contributed by atoms with E-state index in [4.69, 9.17) is 11.6 Å². The molecule has 1 heterocycles. The minimum atomic E-state index is -0.449. The predicted octanol–water partition coefficient (Wildman–Crippen LogP) is 4.15. The first-order valence-electron chi connectivity index (χ1n) is 6.71. The molecule has 0 unspecified atom stereocenters. The van der Waals surface area contributed by atoms with Crippen molar-refractivity contribution in [3.05, 3.63) is 59.6 Å². The molecule has 3 rings (SSSR count). The van der Waals surface area contributed by atoms with Crippen LogP contribution in [-0.2, 0) is 4.79 Å². The van der Waals surface area contributed by atoms with E-state index >= 15 is 0 Å². The van der Waals surface area contributed by atoms with Crippen molar-refractivity contribution in [3.63, 3.8) is 0 Å². The number of carbonyl (C=O) groups excluding carboxylic acids is 1. The van der Waals surface area contributed by atoms with Crippen molar-refractivity contribution in [3.8, 4) is 0 Å². The van der Waals surface area contributed by atoms with E-state index in [0.29, 0.717) is 5.69 Å². The van der Waals surface area contributed by atoms with Gasteiger partial charge in [0.15, 0.2) is 0 Å². The Balaban J connectivity index is 1.69. The van der Waals surface area contributed by atoms with Crippen molar-refractivity contribution in [2.75, 3.05) is 11.1 Å². The van der Waals surface area contributed by atoms with Gasteiger partial charge in [-0.1, -0.05) is 41.6 Å². The lowest BCUT2D eigenvalue weighted by Gasteiger charge is -2.07. The zero-order chi connectivity index (χ0) is 16.2. The smallest absolute Gasteiger partial charge is 0.234 e. The van der Waals surface area contributed by atoms with Gasteiger partial charge in [0, 0.05) is 5.39 Å². The van der Waals surface area contributed by atoms with Crippen LogP contribution in [0.4, 0.5) is 10.1 Å². The lowest BCUT2D eigenvalue weighted by Crippen LogP contribution is -2.14. The number of hydrogen-bond donors (Lipinski definition) is 1. The van der Waals surface area contributed by atoms with Crippen molar-refractivity contribution in [1.82, 2.24) is 9.97 Å². The van der Waals surface area contributed by atoms with E-state index in [0.717, 1.165) is 22.0 Å². The van der Waals surface area contributed by atoms with Gasteiger partial charge in [0.25, 0.3) is 0 Å². The summed E-state index contributed by atoms with van der Waals surface area (Å²) in [5.41, 5.74) is 1.21. The summed E-state index contributed by atoms with van der Waals surface area (Å²) in [6, 6.07) is 11.4. The summed E-state index contributed by atoms with van der Waals surface area (Å²) in [5.74, 6) is -0.532. The number of anilines is 1. The highest BCUT2D eigenvalue weighted by molar-refractivity contribution is 8.00. The van der Waals surface area contributed by atoms with Crippen LogP contribution < -0.4 is 5.32 Å². The highest BCUT2D eigenvalue weighted by Crippen LogP contribution is 2.25. The van der Waals surface area contributed by atoms with E-state index in [1.54, 1.807) is 0 Å². The molecule has 0 spiro atoms. The lowest BCUT2D eigenvalue weighted by molar-refractivity contribution is -0.113. The average Bonchev–Trinajstić information content (AvgIpc) is 2.55. The molecular weight excluding hydrogens is 337 g/mol. The molecule has 4 nitrogen and oxygen atoms in total. The van der Waals surface area contributed by atoms with Crippen LogP contribution in [-0.4, -0.2) is 21.6 Å². The quantitative estimate of drug-likeness (QED) is 0.569. The summed E-state index contributed by atoms with van der Waals surface area (Å²) in [5, 5.41) is 4.45. The molecule has 23 heavy (non-hydrogen) atoms. The van der Waals surface area contributed by atoms with Crippen molar-refractivity contribution >= 4 is 45.9 Å². The average molecular weight is 348 g/mol.